The van der Waals surface area contributed by atoms with Crippen molar-refractivity contribution in [2.24, 2.45) is 0 Å². The lowest BCUT2D eigenvalue weighted by molar-refractivity contribution is 0.887. The van der Waals surface area contributed by atoms with Gasteiger partial charge in [-0.1, -0.05) is 42.8 Å². The number of hydrogen-bond acceptors (Lipinski definition) is 0. The topological polar surface area (TPSA) is 0 Å². The fourth-order valence-electron chi connectivity index (χ4n) is 1.58. The average molecular weight is 174 g/mol. The predicted octanol–water partition coefficient (Wildman–Crippen LogP) is 3.98. The Morgan fingerprint density at radius 1 is 1.31 bits per heavy atom. The molecule has 0 aromatic heterocycles. The van der Waals surface area contributed by atoms with E-state index in [4.69, 9.17) is 0 Å². The summed E-state index contributed by atoms with van der Waals surface area (Å²) >= 11 is 0. The Labute approximate surface area is 81.3 Å². The van der Waals surface area contributed by atoms with E-state index in [1.165, 1.54) is 22.3 Å². The van der Waals surface area contributed by atoms with E-state index < -0.39 is 0 Å². The summed E-state index contributed by atoms with van der Waals surface area (Å²) in [5, 5.41) is 0. The Morgan fingerprint density at radius 3 is 2.38 bits per heavy atom. The summed E-state index contributed by atoms with van der Waals surface area (Å²) in [6.45, 7) is 12.6. The van der Waals surface area contributed by atoms with E-state index >= 15 is 0 Å². The first-order valence-electron chi connectivity index (χ1n) is 4.75. The Kier molecular flexibility index (Phi) is 2.92. The third-order valence-electron chi connectivity index (χ3n) is 2.63. The Balaban J connectivity index is 3.08. The number of benzene rings is 1. The van der Waals surface area contributed by atoms with Gasteiger partial charge in [-0.2, -0.15) is 0 Å². The van der Waals surface area contributed by atoms with Gasteiger partial charge in [-0.25, -0.2) is 0 Å². The second-order valence-corrected chi connectivity index (χ2v) is 3.93. The molecule has 0 nitrogen and oxygen atoms in total. The van der Waals surface area contributed by atoms with E-state index in [2.05, 4.69) is 52.5 Å². The van der Waals surface area contributed by atoms with Crippen LogP contribution >= 0.6 is 0 Å². The van der Waals surface area contributed by atoms with Crippen molar-refractivity contribution in [2.75, 3.05) is 0 Å². The second-order valence-electron chi connectivity index (χ2n) is 3.93. The van der Waals surface area contributed by atoms with Crippen LogP contribution in [0.15, 0.2) is 30.4 Å². The molecule has 0 heteroatoms. The molecule has 0 aliphatic carbocycles. The Morgan fingerprint density at radius 2 is 1.92 bits per heavy atom. The normalized spacial score (nSPS) is 12.6. The van der Waals surface area contributed by atoms with E-state index in [1.54, 1.807) is 0 Å². The third-order valence-corrected chi connectivity index (χ3v) is 2.63. The molecule has 1 aromatic carbocycles. The minimum atomic E-state index is 0.473. The van der Waals surface area contributed by atoms with E-state index in [-0.39, 0.29) is 0 Å². The first kappa shape index (κ1) is 10.0. The molecule has 0 saturated carbocycles. The predicted molar refractivity (Wildman–Crippen MR) is 59.1 cm³/mol. The molecule has 0 spiro atoms. The van der Waals surface area contributed by atoms with Crippen LogP contribution in [0.5, 0.6) is 0 Å². The van der Waals surface area contributed by atoms with Crippen molar-refractivity contribution in [1.29, 1.82) is 0 Å². The minimum absolute atomic E-state index is 0.473. The van der Waals surface area contributed by atoms with Crippen LogP contribution in [-0.2, 0) is 0 Å². The Bertz CT molecular complexity index is 321. The third kappa shape index (κ3) is 2.21. The molecular formula is C13H18. The first-order valence-corrected chi connectivity index (χ1v) is 4.75. The van der Waals surface area contributed by atoms with Crippen LogP contribution in [0, 0.1) is 13.8 Å². The van der Waals surface area contributed by atoms with Crippen LogP contribution in [-0.4, -0.2) is 0 Å². The SMILES string of the molecule is C=C(C)C(C)c1ccc(C)cc1C. The largest absolute Gasteiger partial charge is 0.0995 e. The molecule has 0 saturated heterocycles. The first-order chi connectivity index (χ1) is 6.02. The minimum Gasteiger partial charge on any atom is -0.0995 e. The van der Waals surface area contributed by atoms with Crippen LogP contribution in [0.2, 0.25) is 0 Å². The highest BCUT2D eigenvalue weighted by Crippen LogP contribution is 2.25. The maximum absolute atomic E-state index is 3.99. The lowest BCUT2D eigenvalue weighted by atomic mass is 9.91. The molecule has 13 heavy (non-hydrogen) atoms. The van der Waals surface area contributed by atoms with E-state index in [0.717, 1.165) is 0 Å². The van der Waals surface area contributed by atoms with Gasteiger partial charge in [0, 0.05) is 5.92 Å². The molecule has 70 valence electrons. The fourth-order valence-corrected chi connectivity index (χ4v) is 1.58. The van der Waals surface area contributed by atoms with Gasteiger partial charge in [-0.05, 0) is 31.9 Å². The van der Waals surface area contributed by atoms with Crippen LogP contribution in [0.25, 0.3) is 0 Å². The highest BCUT2D eigenvalue weighted by atomic mass is 14.1. The maximum atomic E-state index is 3.99. The van der Waals surface area contributed by atoms with Gasteiger partial charge in [0.2, 0.25) is 0 Å². The second kappa shape index (κ2) is 3.78. The monoisotopic (exact) mass is 174 g/mol. The highest BCUT2D eigenvalue weighted by molar-refractivity contribution is 5.36. The van der Waals surface area contributed by atoms with Crippen molar-refractivity contribution in [3.8, 4) is 0 Å². The van der Waals surface area contributed by atoms with Crippen molar-refractivity contribution >= 4 is 0 Å². The molecule has 0 radical (unpaired) electrons. The number of hydrogen-bond donors (Lipinski definition) is 0. The van der Waals surface area contributed by atoms with Crippen LogP contribution < -0.4 is 0 Å². The standard InChI is InChI=1S/C13H18/c1-9(2)12(5)13-7-6-10(3)8-11(13)4/h6-8,12H,1H2,2-5H3. The quantitative estimate of drug-likeness (QED) is 0.595. The summed E-state index contributed by atoms with van der Waals surface area (Å²) in [6, 6.07) is 6.61. The molecule has 0 aliphatic rings. The number of aryl methyl sites for hydroxylation is 2. The summed E-state index contributed by atoms with van der Waals surface area (Å²) in [6.07, 6.45) is 0. The van der Waals surface area contributed by atoms with E-state index in [1.807, 2.05) is 0 Å². The summed E-state index contributed by atoms with van der Waals surface area (Å²) in [4.78, 5) is 0. The molecule has 1 unspecified atom stereocenters. The zero-order valence-electron chi connectivity index (χ0n) is 9.02. The van der Waals surface area contributed by atoms with Crippen LogP contribution in [0.3, 0.4) is 0 Å². The van der Waals surface area contributed by atoms with E-state index in [0.29, 0.717) is 5.92 Å². The van der Waals surface area contributed by atoms with Crippen molar-refractivity contribution in [1.82, 2.24) is 0 Å². The summed E-state index contributed by atoms with van der Waals surface area (Å²) in [5.74, 6) is 0.473. The number of allylic oxidation sites excluding steroid dienone is 1. The molecule has 0 fully saturated rings. The zero-order valence-corrected chi connectivity index (χ0v) is 9.02. The molecule has 0 heterocycles. The van der Waals surface area contributed by atoms with Gasteiger partial charge < -0.3 is 0 Å². The van der Waals surface area contributed by atoms with Crippen molar-refractivity contribution in [2.45, 2.75) is 33.6 Å². The van der Waals surface area contributed by atoms with Gasteiger partial charge in [0.1, 0.15) is 0 Å². The van der Waals surface area contributed by atoms with Crippen LogP contribution in [0.4, 0.5) is 0 Å². The molecule has 1 rings (SSSR count). The van der Waals surface area contributed by atoms with Gasteiger partial charge in [0.25, 0.3) is 0 Å². The average Bonchev–Trinajstić information content (AvgIpc) is 2.03. The fraction of sp³-hybridized carbons (Fsp3) is 0.385. The van der Waals surface area contributed by atoms with Gasteiger partial charge in [-0.3, -0.25) is 0 Å². The molecular weight excluding hydrogens is 156 g/mol. The molecule has 1 aromatic rings. The van der Waals surface area contributed by atoms with Crippen LogP contribution in [0.1, 0.15) is 36.5 Å². The Hall–Kier alpha value is -1.04. The molecule has 1 atom stereocenters. The maximum Gasteiger partial charge on any atom is 0.00169 e. The molecule has 0 amide bonds. The lowest BCUT2D eigenvalue weighted by Crippen LogP contribution is -1.97. The van der Waals surface area contributed by atoms with Gasteiger partial charge in [0.15, 0.2) is 0 Å². The van der Waals surface area contributed by atoms with Gasteiger partial charge in [-0.15, -0.1) is 0 Å². The van der Waals surface area contributed by atoms with Gasteiger partial charge in [0.05, 0.1) is 0 Å². The summed E-state index contributed by atoms with van der Waals surface area (Å²) < 4.78 is 0. The zero-order chi connectivity index (χ0) is 10.0. The van der Waals surface area contributed by atoms with Crippen molar-refractivity contribution < 1.29 is 0 Å². The summed E-state index contributed by atoms with van der Waals surface area (Å²) in [7, 11) is 0. The smallest absolute Gasteiger partial charge is 0.00169 e. The molecule has 0 aliphatic heterocycles. The van der Waals surface area contributed by atoms with Gasteiger partial charge >= 0.3 is 0 Å². The number of rotatable bonds is 2. The summed E-state index contributed by atoms with van der Waals surface area (Å²) in [5.41, 5.74) is 5.33. The molecule has 0 N–H and O–H groups in total. The molecule has 0 bridgehead atoms. The van der Waals surface area contributed by atoms with Crippen molar-refractivity contribution in [3.63, 3.8) is 0 Å². The lowest BCUT2D eigenvalue weighted by Gasteiger charge is -2.14. The highest BCUT2D eigenvalue weighted by Gasteiger charge is 2.08. The van der Waals surface area contributed by atoms with Crippen molar-refractivity contribution in [3.05, 3.63) is 47.0 Å². The van der Waals surface area contributed by atoms with E-state index in [9.17, 15) is 0 Å².